The van der Waals surface area contributed by atoms with Crippen molar-refractivity contribution in [1.29, 1.82) is 0 Å². The van der Waals surface area contributed by atoms with Crippen molar-refractivity contribution in [2.75, 3.05) is 26.2 Å². The van der Waals surface area contributed by atoms with Gasteiger partial charge in [-0.25, -0.2) is 18.4 Å². The molecule has 1 saturated heterocycles. The van der Waals surface area contributed by atoms with E-state index in [1.807, 2.05) is 0 Å². The lowest BCUT2D eigenvalue weighted by atomic mass is 10.3. The van der Waals surface area contributed by atoms with Gasteiger partial charge in [-0.2, -0.15) is 4.31 Å². The van der Waals surface area contributed by atoms with Crippen molar-refractivity contribution >= 4 is 15.9 Å². The second-order valence-corrected chi connectivity index (χ2v) is 7.43. The average Bonchev–Trinajstić information content (AvgIpc) is 2.89. The molecule has 7 nitrogen and oxygen atoms in total. The lowest BCUT2D eigenvalue weighted by molar-refractivity contribution is 0.0763. The number of rotatable bonds is 3. The number of carbonyl (C=O) groups is 1. The molecule has 0 radical (unpaired) electrons. The number of carbonyl (C=O) groups excluding carboxylic acids is 1. The van der Waals surface area contributed by atoms with Crippen LogP contribution in [0.25, 0.3) is 0 Å². The lowest BCUT2D eigenvalue weighted by Gasteiger charge is -2.21. The molecule has 0 bridgehead atoms. The van der Waals surface area contributed by atoms with Gasteiger partial charge in [0.05, 0.1) is 10.5 Å². The van der Waals surface area contributed by atoms with E-state index < -0.39 is 10.0 Å². The highest BCUT2D eigenvalue weighted by molar-refractivity contribution is 7.89. The predicted molar refractivity (Wildman–Crippen MR) is 87.8 cm³/mol. The number of sulfonamides is 1. The van der Waals surface area contributed by atoms with Crippen molar-refractivity contribution in [3.05, 3.63) is 54.6 Å². The smallest absolute Gasteiger partial charge is 0.257 e. The molecule has 2 heterocycles. The van der Waals surface area contributed by atoms with Gasteiger partial charge >= 0.3 is 0 Å². The SMILES string of the molecule is O=C(c1cncnc1)N1CCCN(S(=O)(=O)c2ccccc2)CC1. The molecule has 24 heavy (non-hydrogen) atoms. The van der Waals surface area contributed by atoms with Gasteiger partial charge in [0.2, 0.25) is 10.0 Å². The summed E-state index contributed by atoms with van der Waals surface area (Å²) in [6, 6.07) is 8.37. The number of amides is 1. The highest BCUT2D eigenvalue weighted by atomic mass is 32.2. The summed E-state index contributed by atoms with van der Waals surface area (Å²) in [6.45, 7) is 1.53. The fourth-order valence-electron chi connectivity index (χ4n) is 2.67. The second-order valence-electron chi connectivity index (χ2n) is 5.49. The van der Waals surface area contributed by atoms with Crippen molar-refractivity contribution in [3.63, 3.8) is 0 Å². The molecule has 1 aromatic carbocycles. The Morgan fingerprint density at radius 2 is 1.67 bits per heavy atom. The van der Waals surface area contributed by atoms with Crippen LogP contribution >= 0.6 is 0 Å². The van der Waals surface area contributed by atoms with Gasteiger partial charge in [0.1, 0.15) is 6.33 Å². The average molecular weight is 346 g/mol. The summed E-state index contributed by atoms with van der Waals surface area (Å²) in [5.74, 6) is -0.172. The van der Waals surface area contributed by atoms with Crippen LogP contribution in [0.2, 0.25) is 0 Å². The van der Waals surface area contributed by atoms with Crippen LogP contribution in [0.5, 0.6) is 0 Å². The van der Waals surface area contributed by atoms with Crippen LogP contribution in [-0.2, 0) is 10.0 Å². The largest absolute Gasteiger partial charge is 0.337 e. The minimum Gasteiger partial charge on any atom is -0.337 e. The van der Waals surface area contributed by atoms with Gasteiger partial charge < -0.3 is 4.90 Å². The Morgan fingerprint density at radius 3 is 2.38 bits per heavy atom. The molecule has 3 rings (SSSR count). The third-order valence-corrected chi connectivity index (χ3v) is 5.84. The van der Waals surface area contributed by atoms with E-state index in [0.29, 0.717) is 31.6 Å². The van der Waals surface area contributed by atoms with Gasteiger partial charge in [0, 0.05) is 38.6 Å². The molecule has 2 aromatic rings. The molecule has 1 aliphatic heterocycles. The number of hydrogen-bond acceptors (Lipinski definition) is 5. The van der Waals surface area contributed by atoms with E-state index in [1.54, 1.807) is 35.2 Å². The van der Waals surface area contributed by atoms with Crippen LogP contribution in [0.15, 0.2) is 53.9 Å². The number of aromatic nitrogens is 2. The zero-order chi connectivity index (χ0) is 17.0. The van der Waals surface area contributed by atoms with E-state index in [4.69, 9.17) is 0 Å². The molecule has 0 atom stereocenters. The standard InChI is InChI=1S/C16H18N4O3S/c21-16(14-11-17-13-18-12-14)19-7-4-8-20(10-9-19)24(22,23)15-5-2-1-3-6-15/h1-3,5-6,11-13H,4,7-10H2. The molecule has 0 aliphatic carbocycles. The summed E-state index contributed by atoms with van der Waals surface area (Å²) in [5.41, 5.74) is 0.414. The molecular weight excluding hydrogens is 328 g/mol. The summed E-state index contributed by atoms with van der Waals surface area (Å²) in [6.07, 6.45) is 4.90. The van der Waals surface area contributed by atoms with Crippen molar-refractivity contribution in [1.82, 2.24) is 19.2 Å². The van der Waals surface area contributed by atoms with E-state index >= 15 is 0 Å². The van der Waals surface area contributed by atoms with Gasteiger partial charge in [-0.05, 0) is 18.6 Å². The van der Waals surface area contributed by atoms with Gasteiger partial charge in [-0.15, -0.1) is 0 Å². The van der Waals surface area contributed by atoms with Crippen LogP contribution in [0.4, 0.5) is 0 Å². The van der Waals surface area contributed by atoms with Crippen LogP contribution < -0.4 is 0 Å². The molecule has 0 saturated carbocycles. The molecule has 1 aromatic heterocycles. The number of nitrogens with zero attached hydrogens (tertiary/aromatic N) is 4. The minimum atomic E-state index is -3.53. The monoisotopic (exact) mass is 346 g/mol. The molecule has 8 heteroatoms. The Kier molecular flexibility index (Phi) is 4.86. The topological polar surface area (TPSA) is 83.5 Å². The quantitative estimate of drug-likeness (QED) is 0.828. The Hall–Kier alpha value is -2.32. The van der Waals surface area contributed by atoms with E-state index in [1.165, 1.54) is 23.0 Å². The highest BCUT2D eigenvalue weighted by Gasteiger charge is 2.28. The summed E-state index contributed by atoms with van der Waals surface area (Å²) in [5, 5.41) is 0. The van der Waals surface area contributed by atoms with Crippen LogP contribution in [0, 0.1) is 0 Å². The molecule has 126 valence electrons. The normalized spacial score (nSPS) is 16.6. The lowest BCUT2D eigenvalue weighted by Crippen LogP contribution is -2.37. The zero-order valence-electron chi connectivity index (χ0n) is 13.1. The summed E-state index contributed by atoms with van der Waals surface area (Å²) < 4.78 is 26.8. The van der Waals surface area contributed by atoms with Crippen molar-refractivity contribution < 1.29 is 13.2 Å². The maximum Gasteiger partial charge on any atom is 0.257 e. The van der Waals surface area contributed by atoms with E-state index in [9.17, 15) is 13.2 Å². The maximum atomic E-state index is 12.7. The maximum absolute atomic E-state index is 12.7. The first-order valence-corrected chi connectivity index (χ1v) is 9.12. The number of hydrogen-bond donors (Lipinski definition) is 0. The fraction of sp³-hybridized carbons (Fsp3) is 0.312. The molecular formula is C16H18N4O3S. The third-order valence-electron chi connectivity index (χ3n) is 3.93. The Morgan fingerprint density at radius 1 is 0.958 bits per heavy atom. The van der Waals surface area contributed by atoms with E-state index in [2.05, 4.69) is 9.97 Å². The summed E-state index contributed by atoms with van der Waals surface area (Å²) in [4.78, 5) is 22.1. The Labute approximate surface area is 141 Å². The zero-order valence-corrected chi connectivity index (χ0v) is 13.9. The highest BCUT2D eigenvalue weighted by Crippen LogP contribution is 2.18. The molecule has 0 N–H and O–H groups in total. The van der Waals surface area contributed by atoms with Gasteiger partial charge in [-0.3, -0.25) is 4.79 Å². The van der Waals surface area contributed by atoms with Crippen LogP contribution in [0.3, 0.4) is 0 Å². The number of benzene rings is 1. The van der Waals surface area contributed by atoms with Crippen molar-refractivity contribution in [2.45, 2.75) is 11.3 Å². The van der Waals surface area contributed by atoms with Crippen LogP contribution in [0.1, 0.15) is 16.8 Å². The van der Waals surface area contributed by atoms with Gasteiger partial charge in [0.15, 0.2) is 0 Å². The Bertz CT molecular complexity index is 797. The summed E-state index contributed by atoms with van der Waals surface area (Å²) in [7, 11) is -3.53. The first kappa shape index (κ1) is 16.5. The fourth-order valence-corrected chi connectivity index (χ4v) is 4.16. The van der Waals surface area contributed by atoms with Crippen molar-refractivity contribution in [3.8, 4) is 0 Å². The first-order chi connectivity index (χ1) is 11.6. The van der Waals surface area contributed by atoms with E-state index in [-0.39, 0.29) is 17.3 Å². The van der Waals surface area contributed by atoms with Gasteiger partial charge in [0.25, 0.3) is 5.91 Å². The minimum absolute atomic E-state index is 0.172. The molecule has 0 spiro atoms. The van der Waals surface area contributed by atoms with Gasteiger partial charge in [-0.1, -0.05) is 18.2 Å². The molecule has 1 fully saturated rings. The van der Waals surface area contributed by atoms with Crippen molar-refractivity contribution in [2.24, 2.45) is 0 Å². The first-order valence-electron chi connectivity index (χ1n) is 7.68. The third kappa shape index (κ3) is 3.44. The molecule has 1 aliphatic rings. The Balaban J connectivity index is 1.73. The molecule has 0 unspecified atom stereocenters. The predicted octanol–water partition coefficient (Wildman–Crippen LogP) is 1.01. The second kappa shape index (κ2) is 7.06. The van der Waals surface area contributed by atoms with Crippen LogP contribution in [-0.4, -0.2) is 59.7 Å². The molecule has 1 amide bonds. The summed E-state index contributed by atoms with van der Waals surface area (Å²) >= 11 is 0. The van der Waals surface area contributed by atoms with E-state index in [0.717, 1.165) is 0 Å².